The summed E-state index contributed by atoms with van der Waals surface area (Å²) in [6.07, 6.45) is 6.08. The Hall–Kier alpha value is -4.05. The molecule has 4 aromatic rings. The van der Waals surface area contributed by atoms with E-state index in [9.17, 15) is 9.18 Å². The highest BCUT2D eigenvalue weighted by molar-refractivity contribution is 7.19. The SMILES string of the molecule is CCOC(=O)C1=CNC(CCc2ccc(F)cc2)=C(c2ncn[nH]2)C1c1cc2ccnc(N)c2s1. The maximum absolute atomic E-state index is 13.4. The largest absolute Gasteiger partial charge is 0.463 e. The van der Waals surface area contributed by atoms with Gasteiger partial charge in [0.1, 0.15) is 18.0 Å². The van der Waals surface area contributed by atoms with E-state index >= 15 is 0 Å². The number of nitrogens with zero attached hydrogens (tertiary/aromatic N) is 3. The summed E-state index contributed by atoms with van der Waals surface area (Å²) in [6, 6.07) is 10.4. The number of aryl methyl sites for hydroxylation is 1. The van der Waals surface area contributed by atoms with Gasteiger partial charge < -0.3 is 15.8 Å². The molecule has 8 nitrogen and oxygen atoms in total. The van der Waals surface area contributed by atoms with Crippen molar-refractivity contribution in [2.45, 2.75) is 25.7 Å². The molecule has 4 heterocycles. The van der Waals surface area contributed by atoms with Crippen LogP contribution in [0.1, 0.15) is 35.5 Å². The number of nitrogens with two attached hydrogens (primary N) is 1. The Balaban J connectivity index is 1.62. The van der Waals surface area contributed by atoms with Crippen LogP contribution in [0.25, 0.3) is 15.7 Å². The van der Waals surface area contributed by atoms with E-state index in [-0.39, 0.29) is 12.4 Å². The van der Waals surface area contributed by atoms with Crippen LogP contribution in [0.5, 0.6) is 0 Å². The van der Waals surface area contributed by atoms with Gasteiger partial charge in [-0.3, -0.25) is 5.10 Å². The monoisotopic (exact) mass is 490 g/mol. The Morgan fingerprint density at radius 1 is 1.20 bits per heavy atom. The second kappa shape index (κ2) is 9.67. The van der Waals surface area contributed by atoms with Gasteiger partial charge >= 0.3 is 5.97 Å². The first-order valence-corrected chi connectivity index (χ1v) is 12.0. The predicted molar refractivity (Wildman–Crippen MR) is 133 cm³/mol. The van der Waals surface area contributed by atoms with Crippen LogP contribution in [-0.2, 0) is 16.0 Å². The van der Waals surface area contributed by atoms with Crippen molar-refractivity contribution in [2.24, 2.45) is 0 Å². The van der Waals surface area contributed by atoms with Gasteiger partial charge in [-0.1, -0.05) is 12.1 Å². The van der Waals surface area contributed by atoms with Gasteiger partial charge in [-0.2, -0.15) is 5.10 Å². The lowest BCUT2D eigenvalue weighted by molar-refractivity contribution is -0.138. The van der Waals surface area contributed by atoms with Crippen molar-refractivity contribution < 1.29 is 13.9 Å². The number of hydrogen-bond acceptors (Lipinski definition) is 8. The summed E-state index contributed by atoms with van der Waals surface area (Å²) < 4.78 is 19.6. The Labute approximate surface area is 204 Å². The molecular weight excluding hydrogens is 467 g/mol. The van der Waals surface area contributed by atoms with Crippen LogP contribution >= 0.6 is 11.3 Å². The molecule has 5 rings (SSSR count). The number of hydrogen-bond donors (Lipinski definition) is 3. The zero-order valence-corrected chi connectivity index (χ0v) is 19.7. The average molecular weight is 491 g/mol. The number of anilines is 1. The lowest BCUT2D eigenvalue weighted by Gasteiger charge is -2.28. The maximum Gasteiger partial charge on any atom is 0.336 e. The summed E-state index contributed by atoms with van der Waals surface area (Å²) in [4.78, 5) is 22.6. The summed E-state index contributed by atoms with van der Waals surface area (Å²) >= 11 is 1.49. The molecule has 4 N–H and O–H groups in total. The number of carbonyl (C=O) groups excluding carboxylic acids is 1. The first kappa shape index (κ1) is 22.7. The van der Waals surface area contributed by atoms with Crippen molar-refractivity contribution in [2.75, 3.05) is 12.3 Å². The van der Waals surface area contributed by atoms with Crippen molar-refractivity contribution in [1.82, 2.24) is 25.5 Å². The van der Waals surface area contributed by atoms with Gasteiger partial charge in [-0.15, -0.1) is 11.3 Å². The van der Waals surface area contributed by atoms with Gasteiger partial charge in [0.05, 0.1) is 22.8 Å². The summed E-state index contributed by atoms with van der Waals surface area (Å²) in [5, 5.41) is 11.3. The van der Waals surface area contributed by atoms with E-state index in [2.05, 4.69) is 25.5 Å². The second-order valence-electron chi connectivity index (χ2n) is 8.01. The summed E-state index contributed by atoms with van der Waals surface area (Å²) in [6.45, 7) is 2.03. The number of thiophene rings is 1. The Bertz CT molecular complexity index is 1430. The number of aromatic amines is 1. The molecule has 0 amide bonds. The molecule has 1 atom stereocenters. The molecule has 178 valence electrons. The minimum absolute atomic E-state index is 0.255. The number of allylic oxidation sites excluding steroid dienone is 2. The molecule has 1 aliphatic rings. The van der Waals surface area contributed by atoms with Gasteiger partial charge in [0, 0.05) is 28.5 Å². The molecule has 35 heavy (non-hydrogen) atoms. The Morgan fingerprint density at radius 3 is 2.74 bits per heavy atom. The smallest absolute Gasteiger partial charge is 0.336 e. The minimum atomic E-state index is -0.455. The highest BCUT2D eigenvalue weighted by Gasteiger charge is 2.35. The van der Waals surface area contributed by atoms with Crippen molar-refractivity contribution in [1.29, 1.82) is 0 Å². The number of aromatic nitrogens is 4. The summed E-state index contributed by atoms with van der Waals surface area (Å²) in [5.41, 5.74) is 9.27. The molecule has 1 unspecified atom stereocenters. The first-order valence-electron chi connectivity index (χ1n) is 11.2. The van der Waals surface area contributed by atoms with Crippen molar-refractivity contribution in [3.63, 3.8) is 0 Å². The molecule has 1 aliphatic heterocycles. The number of halogens is 1. The van der Waals surface area contributed by atoms with Crippen LogP contribution in [0, 0.1) is 5.82 Å². The van der Waals surface area contributed by atoms with Crippen molar-refractivity contribution >= 4 is 38.8 Å². The van der Waals surface area contributed by atoms with Crippen molar-refractivity contribution in [3.05, 3.63) is 88.5 Å². The van der Waals surface area contributed by atoms with E-state index in [0.717, 1.165) is 31.8 Å². The van der Waals surface area contributed by atoms with Crippen LogP contribution in [0.2, 0.25) is 0 Å². The predicted octanol–water partition coefficient (Wildman–Crippen LogP) is 4.31. The topological polar surface area (TPSA) is 119 Å². The fourth-order valence-electron chi connectivity index (χ4n) is 4.23. The van der Waals surface area contributed by atoms with Gasteiger partial charge in [0.15, 0.2) is 5.82 Å². The number of H-pyrrole nitrogens is 1. The fraction of sp³-hybridized carbons (Fsp3) is 0.200. The molecule has 0 saturated heterocycles. The van der Waals surface area contributed by atoms with Crippen LogP contribution in [0.3, 0.4) is 0 Å². The van der Waals surface area contributed by atoms with Crippen LogP contribution < -0.4 is 11.1 Å². The van der Waals surface area contributed by atoms with E-state index in [4.69, 9.17) is 10.5 Å². The molecule has 0 fully saturated rings. The van der Waals surface area contributed by atoms with Gasteiger partial charge in [-0.25, -0.2) is 19.2 Å². The van der Waals surface area contributed by atoms with Crippen molar-refractivity contribution in [3.8, 4) is 0 Å². The van der Waals surface area contributed by atoms with E-state index in [1.54, 1.807) is 31.5 Å². The maximum atomic E-state index is 13.4. The molecule has 1 aromatic carbocycles. The number of rotatable bonds is 7. The number of nitrogen functional groups attached to an aromatic ring is 1. The number of esters is 1. The quantitative estimate of drug-likeness (QED) is 0.330. The molecular formula is C25H23FN6O2S. The lowest BCUT2D eigenvalue weighted by atomic mass is 9.84. The number of pyridine rings is 1. The lowest BCUT2D eigenvalue weighted by Crippen LogP contribution is -2.26. The highest BCUT2D eigenvalue weighted by atomic mass is 32.1. The molecule has 0 radical (unpaired) electrons. The average Bonchev–Trinajstić information content (AvgIpc) is 3.54. The van der Waals surface area contributed by atoms with E-state index in [0.29, 0.717) is 30.1 Å². The fourth-order valence-corrected chi connectivity index (χ4v) is 5.42. The highest BCUT2D eigenvalue weighted by Crippen LogP contribution is 2.46. The third kappa shape index (κ3) is 4.52. The summed E-state index contributed by atoms with van der Waals surface area (Å²) in [7, 11) is 0. The number of carbonyl (C=O) groups is 1. The van der Waals surface area contributed by atoms with E-state index in [1.165, 1.54) is 29.8 Å². The van der Waals surface area contributed by atoms with Gasteiger partial charge in [0.25, 0.3) is 0 Å². The molecule has 0 bridgehead atoms. The number of dihydropyridines is 1. The zero-order valence-electron chi connectivity index (χ0n) is 18.9. The molecule has 0 saturated carbocycles. The van der Waals surface area contributed by atoms with Crippen LogP contribution in [0.4, 0.5) is 10.2 Å². The standard InChI is InChI=1S/C25H23FN6O2S/c1-2-34-25(33)17-12-29-18(8-5-14-3-6-16(26)7-4-14)21(24-30-13-31-32-24)20(17)19-11-15-9-10-28-23(27)22(15)35-19/h3-4,6-7,9-13,20,29H,2,5,8H2,1H3,(H2,27,28)(H,30,31,32). The number of ether oxygens (including phenoxy) is 1. The second-order valence-corrected chi connectivity index (χ2v) is 9.10. The minimum Gasteiger partial charge on any atom is -0.463 e. The van der Waals surface area contributed by atoms with Gasteiger partial charge in [-0.05, 0) is 55.0 Å². The number of fused-ring (bicyclic) bond motifs is 1. The van der Waals surface area contributed by atoms with E-state index < -0.39 is 11.9 Å². The molecule has 3 aromatic heterocycles. The molecule has 0 spiro atoms. The molecule has 0 aliphatic carbocycles. The Morgan fingerprint density at radius 2 is 2.03 bits per heavy atom. The van der Waals surface area contributed by atoms with E-state index in [1.807, 2.05) is 12.1 Å². The third-order valence-corrected chi connectivity index (χ3v) is 7.09. The normalized spacial score (nSPS) is 15.7. The third-order valence-electron chi connectivity index (χ3n) is 5.85. The number of nitrogens with one attached hydrogen (secondary N) is 2. The van der Waals surface area contributed by atoms with Crippen LogP contribution in [-0.4, -0.2) is 32.7 Å². The zero-order chi connectivity index (χ0) is 24.4. The summed E-state index contributed by atoms with van der Waals surface area (Å²) in [5.74, 6) is -0.149. The number of benzene rings is 1. The van der Waals surface area contributed by atoms with Crippen LogP contribution in [0.15, 0.2) is 66.4 Å². The Kier molecular flexibility index (Phi) is 6.28. The molecule has 10 heteroatoms. The first-order chi connectivity index (χ1) is 17.0. The van der Waals surface area contributed by atoms with Gasteiger partial charge in [0.2, 0.25) is 0 Å².